The smallest absolute Gasteiger partial charge is 0.143 e. The molecule has 1 N–H and O–H groups in total. The Morgan fingerprint density at radius 2 is 2.09 bits per heavy atom. The molecule has 2 heterocycles. The first kappa shape index (κ1) is 15.2. The summed E-state index contributed by atoms with van der Waals surface area (Å²) in [5.41, 5.74) is 2.17. The first-order valence-corrected chi connectivity index (χ1v) is 9.26. The summed E-state index contributed by atoms with van der Waals surface area (Å²) in [6.45, 7) is 2.07. The monoisotopic (exact) mass is 363 g/mol. The number of thiophene rings is 1. The molecule has 0 spiro atoms. The minimum atomic E-state index is 0.631. The zero-order chi connectivity index (χ0) is 16.0. The van der Waals surface area contributed by atoms with Gasteiger partial charge in [-0.1, -0.05) is 30.1 Å². The molecule has 6 heteroatoms. The summed E-state index contributed by atoms with van der Waals surface area (Å²) in [5.74, 6) is 1.69. The van der Waals surface area contributed by atoms with Crippen molar-refractivity contribution in [2.75, 3.05) is 5.32 Å². The van der Waals surface area contributed by atoms with Gasteiger partial charge in [0.05, 0.1) is 16.1 Å². The Morgan fingerprint density at radius 1 is 1.22 bits per heavy atom. The van der Waals surface area contributed by atoms with Gasteiger partial charge in [-0.3, -0.25) is 0 Å². The van der Waals surface area contributed by atoms with Crippen LogP contribution in [-0.4, -0.2) is 9.97 Å². The molecule has 0 radical (unpaired) electrons. The van der Waals surface area contributed by atoms with Crippen molar-refractivity contribution < 1.29 is 0 Å². The molecule has 0 bridgehead atoms. The highest BCUT2D eigenvalue weighted by Gasteiger charge is 2.22. The lowest BCUT2D eigenvalue weighted by Gasteiger charge is -2.11. The molecule has 0 amide bonds. The van der Waals surface area contributed by atoms with Crippen LogP contribution in [0.5, 0.6) is 0 Å². The molecule has 0 fully saturated rings. The topological polar surface area (TPSA) is 37.8 Å². The van der Waals surface area contributed by atoms with E-state index in [1.807, 2.05) is 6.07 Å². The SMILES string of the molecule is CCc1nc(Nc2cc(Cl)ccc2Cl)c2c3c(sc2n1)CCC3. The second-order valence-corrected chi connectivity index (χ2v) is 7.56. The van der Waals surface area contributed by atoms with Crippen molar-refractivity contribution in [1.29, 1.82) is 0 Å². The second kappa shape index (κ2) is 5.93. The van der Waals surface area contributed by atoms with Gasteiger partial charge in [-0.05, 0) is 43.0 Å². The highest BCUT2D eigenvalue weighted by Crippen LogP contribution is 2.41. The van der Waals surface area contributed by atoms with Crippen molar-refractivity contribution in [2.45, 2.75) is 32.6 Å². The van der Waals surface area contributed by atoms with Gasteiger partial charge in [0.1, 0.15) is 16.5 Å². The molecule has 3 nitrogen and oxygen atoms in total. The number of halogens is 2. The van der Waals surface area contributed by atoms with E-state index in [9.17, 15) is 0 Å². The van der Waals surface area contributed by atoms with Gasteiger partial charge >= 0.3 is 0 Å². The maximum atomic E-state index is 6.30. The van der Waals surface area contributed by atoms with Crippen LogP contribution >= 0.6 is 34.5 Å². The Balaban J connectivity index is 1.89. The summed E-state index contributed by atoms with van der Waals surface area (Å²) in [5, 5.41) is 5.81. The minimum absolute atomic E-state index is 0.631. The highest BCUT2D eigenvalue weighted by molar-refractivity contribution is 7.19. The fourth-order valence-electron chi connectivity index (χ4n) is 3.01. The van der Waals surface area contributed by atoms with Crippen LogP contribution in [0, 0.1) is 0 Å². The van der Waals surface area contributed by atoms with Crippen LogP contribution in [0.3, 0.4) is 0 Å². The molecule has 0 unspecified atom stereocenters. The standard InChI is InChI=1S/C17H15Cl2N3S/c1-2-14-21-16(20-12-8-9(18)6-7-11(12)19)15-10-4-3-5-13(10)23-17(15)22-14/h6-8H,2-5H2,1H3,(H,20,21,22). The van der Waals surface area contributed by atoms with Crippen molar-refractivity contribution in [1.82, 2.24) is 9.97 Å². The minimum Gasteiger partial charge on any atom is -0.338 e. The number of nitrogens with one attached hydrogen (secondary N) is 1. The summed E-state index contributed by atoms with van der Waals surface area (Å²) in [6.07, 6.45) is 4.26. The Morgan fingerprint density at radius 3 is 2.91 bits per heavy atom. The molecule has 4 rings (SSSR count). The number of rotatable bonds is 3. The van der Waals surface area contributed by atoms with Crippen LogP contribution in [-0.2, 0) is 19.3 Å². The van der Waals surface area contributed by atoms with Crippen molar-refractivity contribution in [2.24, 2.45) is 0 Å². The van der Waals surface area contributed by atoms with E-state index < -0.39 is 0 Å². The van der Waals surface area contributed by atoms with Crippen LogP contribution in [0.2, 0.25) is 10.0 Å². The lowest BCUT2D eigenvalue weighted by atomic mass is 10.2. The van der Waals surface area contributed by atoms with Gasteiger partial charge < -0.3 is 5.32 Å². The third-order valence-corrected chi connectivity index (χ3v) is 5.86. The summed E-state index contributed by atoms with van der Waals surface area (Å²) in [7, 11) is 0. The molecule has 0 atom stereocenters. The Hall–Kier alpha value is -1.36. The van der Waals surface area contributed by atoms with Gasteiger partial charge in [-0.25, -0.2) is 9.97 Å². The second-order valence-electron chi connectivity index (χ2n) is 5.63. The van der Waals surface area contributed by atoms with Crippen LogP contribution < -0.4 is 5.32 Å². The molecule has 1 aromatic carbocycles. The molecule has 118 valence electrons. The third-order valence-electron chi connectivity index (χ3n) is 4.11. The number of hydrogen-bond donors (Lipinski definition) is 1. The molecule has 0 aliphatic heterocycles. The van der Waals surface area contributed by atoms with E-state index in [1.165, 1.54) is 16.9 Å². The van der Waals surface area contributed by atoms with Crippen molar-refractivity contribution in [3.8, 4) is 0 Å². The van der Waals surface area contributed by atoms with E-state index >= 15 is 0 Å². The van der Waals surface area contributed by atoms with Gasteiger partial charge in [0.2, 0.25) is 0 Å². The van der Waals surface area contributed by atoms with Crippen LogP contribution in [0.4, 0.5) is 11.5 Å². The fraction of sp³-hybridized carbons (Fsp3) is 0.294. The number of nitrogens with zero attached hydrogens (tertiary/aromatic N) is 2. The van der Waals surface area contributed by atoms with Crippen molar-refractivity contribution >= 4 is 56.3 Å². The number of benzene rings is 1. The maximum absolute atomic E-state index is 6.30. The van der Waals surface area contributed by atoms with Gasteiger partial charge in [0, 0.05) is 16.3 Å². The Labute approximate surface area is 148 Å². The highest BCUT2D eigenvalue weighted by atomic mass is 35.5. The van der Waals surface area contributed by atoms with Gasteiger partial charge in [-0.2, -0.15) is 0 Å². The van der Waals surface area contributed by atoms with E-state index in [2.05, 4.69) is 12.2 Å². The molecular formula is C17H15Cl2N3S. The van der Waals surface area contributed by atoms with E-state index in [0.717, 1.165) is 46.8 Å². The lowest BCUT2D eigenvalue weighted by Crippen LogP contribution is -2.01. The molecule has 3 aromatic rings. The number of anilines is 2. The molecule has 0 saturated heterocycles. The summed E-state index contributed by atoms with van der Waals surface area (Å²) in [6, 6.07) is 5.41. The van der Waals surface area contributed by atoms with Crippen molar-refractivity contribution in [3.05, 3.63) is 44.5 Å². The number of fused-ring (bicyclic) bond motifs is 3. The Bertz CT molecular complexity index is 904. The van der Waals surface area contributed by atoms with Gasteiger partial charge in [0.15, 0.2) is 0 Å². The Kier molecular flexibility index (Phi) is 3.92. The van der Waals surface area contributed by atoms with Gasteiger partial charge in [-0.15, -0.1) is 11.3 Å². The van der Waals surface area contributed by atoms with Crippen LogP contribution in [0.25, 0.3) is 10.2 Å². The van der Waals surface area contributed by atoms with E-state index in [-0.39, 0.29) is 0 Å². The summed E-state index contributed by atoms with van der Waals surface area (Å²) < 4.78 is 0. The molecule has 2 aromatic heterocycles. The first-order valence-electron chi connectivity index (χ1n) is 7.69. The third kappa shape index (κ3) is 2.69. The van der Waals surface area contributed by atoms with Gasteiger partial charge in [0.25, 0.3) is 0 Å². The zero-order valence-electron chi connectivity index (χ0n) is 12.6. The maximum Gasteiger partial charge on any atom is 0.143 e. The van der Waals surface area contributed by atoms with E-state index in [4.69, 9.17) is 33.2 Å². The molecule has 23 heavy (non-hydrogen) atoms. The zero-order valence-corrected chi connectivity index (χ0v) is 14.9. The fourth-order valence-corrected chi connectivity index (χ4v) is 4.63. The average Bonchev–Trinajstić information content (AvgIpc) is 3.11. The van der Waals surface area contributed by atoms with Crippen molar-refractivity contribution in [3.63, 3.8) is 0 Å². The molecule has 0 saturated carbocycles. The largest absolute Gasteiger partial charge is 0.338 e. The van der Waals surface area contributed by atoms with E-state index in [1.54, 1.807) is 23.5 Å². The number of hydrogen-bond acceptors (Lipinski definition) is 4. The van der Waals surface area contributed by atoms with E-state index in [0.29, 0.717) is 10.0 Å². The van der Waals surface area contributed by atoms with Crippen LogP contribution in [0.1, 0.15) is 29.6 Å². The predicted molar refractivity (Wildman–Crippen MR) is 98.6 cm³/mol. The quantitative estimate of drug-likeness (QED) is 0.639. The molecule has 1 aliphatic rings. The lowest BCUT2D eigenvalue weighted by molar-refractivity contribution is 0.915. The number of aromatic nitrogens is 2. The van der Waals surface area contributed by atoms with Crippen LogP contribution in [0.15, 0.2) is 18.2 Å². The summed E-state index contributed by atoms with van der Waals surface area (Å²) in [4.78, 5) is 11.9. The molecular weight excluding hydrogens is 349 g/mol. The predicted octanol–water partition coefficient (Wildman–Crippen LogP) is 5.79. The number of aryl methyl sites for hydroxylation is 3. The molecule has 1 aliphatic carbocycles. The average molecular weight is 364 g/mol. The normalized spacial score (nSPS) is 13.5. The summed E-state index contributed by atoms with van der Waals surface area (Å²) >= 11 is 14.2. The first-order chi connectivity index (χ1) is 11.2.